The monoisotopic (exact) mass is 391 g/mol. The third-order valence-corrected chi connectivity index (χ3v) is 5.97. The van der Waals surface area contributed by atoms with Crippen molar-refractivity contribution in [1.29, 1.82) is 0 Å². The van der Waals surface area contributed by atoms with Crippen LogP contribution in [0.3, 0.4) is 0 Å². The minimum atomic E-state index is 0.337. The Morgan fingerprint density at radius 1 is 1.00 bits per heavy atom. The van der Waals surface area contributed by atoms with E-state index in [1.54, 1.807) is 0 Å². The Kier molecular flexibility index (Phi) is 4.46. The predicted molar refractivity (Wildman–Crippen MR) is 116 cm³/mol. The molecule has 1 saturated carbocycles. The molecular weight excluding hydrogens is 370 g/mol. The Balaban J connectivity index is 1.57. The molecule has 0 atom stereocenters. The second-order valence-electron chi connectivity index (χ2n) is 7.64. The van der Waals surface area contributed by atoms with Gasteiger partial charge in [-0.25, -0.2) is 0 Å². The third kappa shape index (κ3) is 3.23. The number of nitrogens with zero attached hydrogens (tertiary/aromatic N) is 1. The first-order valence-corrected chi connectivity index (χ1v) is 10.1. The molecule has 2 aromatic heterocycles. The lowest BCUT2D eigenvalue weighted by Gasteiger charge is -2.28. The largest absolute Gasteiger partial charge is 0.456 e. The summed E-state index contributed by atoms with van der Waals surface area (Å²) in [5.74, 6) is 0.802. The van der Waals surface area contributed by atoms with E-state index in [0.29, 0.717) is 17.1 Å². The Hall–Kier alpha value is -2.56. The molecular formula is C23H22ClN3O. The van der Waals surface area contributed by atoms with Crippen LogP contribution in [0.5, 0.6) is 0 Å². The standard InChI is InChI=1S/C23H22ClN3O/c24-21-11-17(27-16-7-5-15(25)6-8-16)10-18-19(21)12-26-13-20(18)23-9-14-3-1-2-4-22(14)28-23/h1-4,9-13,15-16,27H,5-8,25H2/t15-,16-. The van der Waals surface area contributed by atoms with Crippen molar-refractivity contribution in [2.24, 2.45) is 5.73 Å². The highest BCUT2D eigenvalue weighted by Gasteiger charge is 2.19. The highest BCUT2D eigenvalue weighted by Crippen LogP contribution is 2.37. The summed E-state index contributed by atoms with van der Waals surface area (Å²) < 4.78 is 6.09. The van der Waals surface area contributed by atoms with Gasteiger partial charge in [0.2, 0.25) is 0 Å². The van der Waals surface area contributed by atoms with Crippen molar-refractivity contribution in [2.75, 3.05) is 5.32 Å². The second kappa shape index (κ2) is 7.12. The average molecular weight is 392 g/mol. The van der Waals surface area contributed by atoms with E-state index in [1.807, 2.05) is 36.7 Å². The molecule has 0 unspecified atom stereocenters. The maximum atomic E-state index is 6.61. The lowest BCUT2D eigenvalue weighted by Crippen LogP contribution is -2.32. The quantitative estimate of drug-likeness (QED) is 0.450. The first-order valence-electron chi connectivity index (χ1n) is 9.76. The molecule has 5 heteroatoms. The van der Waals surface area contributed by atoms with Crippen molar-refractivity contribution in [2.45, 2.75) is 37.8 Å². The van der Waals surface area contributed by atoms with Crippen molar-refractivity contribution < 1.29 is 4.42 Å². The highest BCUT2D eigenvalue weighted by molar-refractivity contribution is 6.36. The lowest BCUT2D eigenvalue weighted by molar-refractivity contribution is 0.411. The van der Waals surface area contributed by atoms with Gasteiger partial charge in [-0.15, -0.1) is 0 Å². The average Bonchev–Trinajstić information content (AvgIpc) is 3.13. The number of benzene rings is 2. The smallest absolute Gasteiger partial charge is 0.137 e. The third-order valence-electron chi connectivity index (χ3n) is 5.66. The van der Waals surface area contributed by atoms with E-state index in [9.17, 15) is 0 Å². The summed E-state index contributed by atoms with van der Waals surface area (Å²) in [5, 5.41) is 7.38. The van der Waals surface area contributed by atoms with E-state index in [0.717, 1.165) is 64.4 Å². The van der Waals surface area contributed by atoms with Gasteiger partial charge >= 0.3 is 0 Å². The summed E-state index contributed by atoms with van der Waals surface area (Å²) in [6.45, 7) is 0. The van der Waals surface area contributed by atoms with E-state index in [4.69, 9.17) is 21.8 Å². The summed E-state index contributed by atoms with van der Waals surface area (Å²) in [6.07, 6.45) is 7.96. The number of furan rings is 1. The molecule has 142 valence electrons. The van der Waals surface area contributed by atoms with Crippen molar-refractivity contribution in [1.82, 2.24) is 4.98 Å². The van der Waals surface area contributed by atoms with E-state index >= 15 is 0 Å². The SMILES string of the molecule is N[C@H]1CC[C@H](Nc2cc(Cl)c3cncc(-c4cc5ccccc5o4)c3c2)CC1. The fourth-order valence-electron chi connectivity index (χ4n) is 4.12. The molecule has 0 spiro atoms. The molecule has 1 aliphatic carbocycles. The van der Waals surface area contributed by atoms with Gasteiger partial charge in [-0.05, 0) is 55.3 Å². The van der Waals surface area contributed by atoms with Crippen molar-refractivity contribution in [3.8, 4) is 11.3 Å². The van der Waals surface area contributed by atoms with Crippen molar-refractivity contribution in [3.63, 3.8) is 0 Å². The normalized spacial score (nSPS) is 19.9. The molecule has 0 aliphatic heterocycles. The van der Waals surface area contributed by atoms with Gasteiger partial charge in [0, 0.05) is 46.5 Å². The minimum absolute atomic E-state index is 0.337. The van der Waals surface area contributed by atoms with Crippen LogP contribution in [0.2, 0.25) is 5.02 Å². The molecule has 0 bridgehead atoms. The summed E-state index contributed by atoms with van der Waals surface area (Å²) in [7, 11) is 0. The van der Waals surface area contributed by atoms with E-state index < -0.39 is 0 Å². The summed E-state index contributed by atoms with van der Waals surface area (Å²) in [4.78, 5) is 4.40. The zero-order valence-electron chi connectivity index (χ0n) is 15.5. The highest BCUT2D eigenvalue weighted by atomic mass is 35.5. The number of nitrogens with two attached hydrogens (primary N) is 1. The van der Waals surface area contributed by atoms with Crippen molar-refractivity contribution >= 4 is 39.0 Å². The van der Waals surface area contributed by atoms with Crippen LogP contribution >= 0.6 is 11.6 Å². The number of halogens is 1. The molecule has 4 nitrogen and oxygen atoms in total. The van der Waals surface area contributed by atoms with Crippen LogP contribution in [-0.2, 0) is 0 Å². The van der Waals surface area contributed by atoms with Crippen LogP contribution in [0.15, 0.2) is 59.3 Å². The Morgan fingerprint density at radius 3 is 2.64 bits per heavy atom. The van der Waals surface area contributed by atoms with Crippen LogP contribution < -0.4 is 11.1 Å². The van der Waals surface area contributed by atoms with Gasteiger partial charge in [0.05, 0.1) is 5.02 Å². The Bertz CT molecular complexity index is 1110. The molecule has 2 heterocycles. The number of pyridine rings is 1. The maximum absolute atomic E-state index is 6.61. The van der Waals surface area contributed by atoms with Gasteiger partial charge in [-0.3, -0.25) is 4.98 Å². The fourth-order valence-corrected chi connectivity index (χ4v) is 4.39. The van der Waals surface area contributed by atoms with Gasteiger partial charge in [-0.2, -0.15) is 0 Å². The number of aromatic nitrogens is 1. The topological polar surface area (TPSA) is 64.1 Å². The van der Waals surface area contributed by atoms with E-state index in [-0.39, 0.29) is 0 Å². The van der Waals surface area contributed by atoms with Crippen LogP contribution in [-0.4, -0.2) is 17.1 Å². The van der Waals surface area contributed by atoms with E-state index in [2.05, 4.69) is 28.5 Å². The summed E-state index contributed by atoms with van der Waals surface area (Å²) in [5.41, 5.74) is 8.89. The van der Waals surface area contributed by atoms with Crippen LogP contribution in [0.25, 0.3) is 33.1 Å². The van der Waals surface area contributed by atoms with Crippen LogP contribution in [0.1, 0.15) is 25.7 Å². The van der Waals surface area contributed by atoms with Gasteiger partial charge in [-0.1, -0.05) is 29.8 Å². The van der Waals surface area contributed by atoms with Crippen LogP contribution in [0, 0.1) is 0 Å². The molecule has 3 N–H and O–H groups in total. The number of hydrogen-bond donors (Lipinski definition) is 2. The molecule has 4 aromatic rings. The Morgan fingerprint density at radius 2 is 1.82 bits per heavy atom. The zero-order valence-corrected chi connectivity index (χ0v) is 16.2. The van der Waals surface area contributed by atoms with Gasteiger partial charge < -0.3 is 15.5 Å². The number of hydrogen-bond acceptors (Lipinski definition) is 4. The molecule has 1 aliphatic rings. The number of nitrogens with one attached hydrogen (secondary N) is 1. The molecule has 0 amide bonds. The Labute approximate surface area is 168 Å². The predicted octanol–water partition coefficient (Wildman–Crippen LogP) is 5.98. The van der Waals surface area contributed by atoms with E-state index in [1.165, 1.54) is 0 Å². The number of fused-ring (bicyclic) bond motifs is 2. The van der Waals surface area contributed by atoms with Crippen molar-refractivity contribution in [3.05, 3.63) is 59.9 Å². The number of anilines is 1. The molecule has 0 saturated heterocycles. The summed E-state index contributed by atoms with van der Waals surface area (Å²) in [6, 6.07) is 15.0. The summed E-state index contributed by atoms with van der Waals surface area (Å²) >= 11 is 6.61. The van der Waals surface area contributed by atoms with Gasteiger partial charge in [0.15, 0.2) is 0 Å². The van der Waals surface area contributed by atoms with Crippen LogP contribution in [0.4, 0.5) is 5.69 Å². The maximum Gasteiger partial charge on any atom is 0.137 e. The lowest BCUT2D eigenvalue weighted by atomic mass is 9.91. The van der Waals surface area contributed by atoms with Gasteiger partial charge in [0.25, 0.3) is 0 Å². The zero-order chi connectivity index (χ0) is 19.1. The molecule has 28 heavy (non-hydrogen) atoms. The minimum Gasteiger partial charge on any atom is -0.456 e. The first kappa shape index (κ1) is 17.5. The fraction of sp³-hybridized carbons (Fsp3) is 0.261. The molecule has 0 radical (unpaired) electrons. The second-order valence-corrected chi connectivity index (χ2v) is 8.05. The number of rotatable bonds is 3. The first-order chi connectivity index (χ1) is 13.7. The molecule has 5 rings (SSSR count). The molecule has 2 aromatic carbocycles. The van der Waals surface area contributed by atoms with Gasteiger partial charge in [0.1, 0.15) is 11.3 Å². The number of para-hydroxylation sites is 1. The molecule has 1 fully saturated rings.